The molecule has 19 heavy (non-hydrogen) atoms. The van der Waals surface area contributed by atoms with Crippen LogP contribution in [-0.2, 0) is 4.79 Å². The van der Waals surface area contributed by atoms with Crippen LogP contribution in [0.1, 0.15) is 19.3 Å². The molecular weight excluding hydrogens is 260 g/mol. The first-order chi connectivity index (χ1) is 8.84. The minimum atomic E-state index is 0. The van der Waals surface area contributed by atoms with Crippen LogP contribution < -0.4 is 10.2 Å². The number of halogens is 1. The van der Waals surface area contributed by atoms with E-state index in [2.05, 4.69) is 5.32 Å². The molecular formula is C15H21ClN2O. The summed E-state index contributed by atoms with van der Waals surface area (Å²) in [5, 5.41) is 3.28. The van der Waals surface area contributed by atoms with Crippen LogP contribution in [0.4, 0.5) is 5.69 Å². The Kier molecular flexibility index (Phi) is 4.83. The number of carbonyl (C=O) groups excluding carboxylic acids is 1. The molecule has 1 saturated carbocycles. The lowest BCUT2D eigenvalue weighted by molar-refractivity contribution is -0.121. The van der Waals surface area contributed by atoms with Crippen molar-refractivity contribution in [1.29, 1.82) is 0 Å². The number of anilines is 1. The van der Waals surface area contributed by atoms with Gasteiger partial charge in [0.25, 0.3) is 0 Å². The van der Waals surface area contributed by atoms with Crippen molar-refractivity contribution in [2.24, 2.45) is 11.8 Å². The van der Waals surface area contributed by atoms with E-state index in [0.29, 0.717) is 5.91 Å². The highest BCUT2D eigenvalue weighted by molar-refractivity contribution is 5.95. The molecule has 1 aliphatic carbocycles. The fourth-order valence-electron chi connectivity index (χ4n) is 2.58. The average molecular weight is 281 g/mol. The predicted molar refractivity (Wildman–Crippen MR) is 79.7 cm³/mol. The maximum Gasteiger partial charge on any atom is 0.231 e. The van der Waals surface area contributed by atoms with Gasteiger partial charge >= 0.3 is 0 Å². The van der Waals surface area contributed by atoms with Gasteiger partial charge in [-0.1, -0.05) is 18.2 Å². The zero-order valence-electron chi connectivity index (χ0n) is 11.0. The lowest BCUT2D eigenvalue weighted by Crippen LogP contribution is -2.38. The largest absolute Gasteiger partial charge is 0.316 e. The van der Waals surface area contributed by atoms with E-state index >= 15 is 0 Å². The summed E-state index contributed by atoms with van der Waals surface area (Å²) in [6.07, 6.45) is 3.53. The average Bonchev–Trinajstić information content (AvgIpc) is 3.07. The van der Waals surface area contributed by atoms with E-state index in [-0.39, 0.29) is 18.3 Å². The van der Waals surface area contributed by atoms with Gasteiger partial charge in [-0.3, -0.25) is 4.79 Å². The van der Waals surface area contributed by atoms with E-state index in [1.54, 1.807) is 0 Å². The molecule has 2 fully saturated rings. The van der Waals surface area contributed by atoms with Crippen LogP contribution in [0.25, 0.3) is 0 Å². The molecule has 104 valence electrons. The molecule has 0 radical (unpaired) electrons. The van der Waals surface area contributed by atoms with Crippen molar-refractivity contribution in [3.05, 3.63) is 30.3 Å². The minimum absolute atomic E-state index is 0. The molecule has 1 saturated heterocycles. The molecule has 1 N–H and O–H groups in total. The number of benzene rings is 1. The van der Waals surface area contributed by atoms with E-state index in [4.69, 9.17) is 0 Å². The Labute approximate surface area is 120 Å². The van der Waals surface area contributed by atoms with Crippen molar-refractivity contribution in [3.8, 4) is 0 Å². The van der Waals surface area contributed by atoms with E-state index < -0.39 is 0 Å². The maximum atomic E-state index is 12.6. The Morgan fingerprint density at radius 2 is 1.95 bits per heavy atom. The van der Waals surface area contributed by atoms with Gasteiger partial charge in [-0.15, -0.1) is 12.4 Å². The number of carbonyl (C=O) groups is 1. The van der Waals surface area contributed by atoms with E-state index in [0.717, 1.165) is 37.7 Å². The van der Waals surface area contributed by atoms with Gasteiger partial charge in [0.15, 0.2) is 0 Å². The summed E-state index contributed by atoms with van der Waals surface area (Å²) in [6, 6.07) is 10.1. The molecule has 1 aromatic carbocycles. The quantitative estimate of drug-likeness (QED) is 0.919. The summed E-state index contributed by atoms with van der Waals surface area (Å²) < 4.78 is 0. The van der Waals surface area contributed by atoms with Gasteiger partial charge in [-0.2, -0.15) is 0 Å². The Bertz CT molecular complexity index is 413. The van der Waals surface area contributed by atoms with Crippen LogP contribution in [0.15, 0.2) is 30.3 Å². The van der Waals surface area contributed by atoms with Gasteiger partial charge < -0.3 is 10.2 Å². The lowest BCUT2D eigenvalue weighted by Gasteiger charge is -2.25. The molecule has 3 nitrogen and oxygen atoms in total. The van der Waals surface area contributed by atoms with E-state index in [9.17, 15) is 4.79 Å². The highest BCUT2D eigenvalue weighted by atomic mass is 35.5. The Balaban J connectivity index is 0.00000133. The van der Waals surface area contributed by atoms with Gasteiger partial charge in [0.2, 0.25) is 5.91 Å². The molecule has 3 rings (SSSR count). The van der Waals surface area contributed by atoms with Crippen LogP contribution in [0.3, 0.4) is 0 Å². The molecule has 1 heterocycles. The Morgan fingerprint density at radius 3 is 2.53 bits per heavy atom. The van der Waals surface area contributed by atoms with E-state index in [1.807, 2.05) is 35.2 Å². The summed E-state index contributed by atoms with van der Waals surface area (Å²) in [5.41, 5.74) is 1.06. The zero-order valence-corrected chi connectivity index (χ0v) is 11.9. The van der Waals surface area contributed by atoms with Crippen LogP contribution in [0.2, 0.25) is 0 Å². The lowest BCUT2D eigenvalue weighted by atomic mass is 10.1. The third-order valence-corrected chi connectivity index (χ3v) is 3.88. The minimum Gasteiger partial charge on any atom is -0.316 e. The van der Waals surface area contributed by atoms with Gasteiger partial charge in [0.1, 0.15) is 0 Å². The van der Waals surface area contributed by atoms with Crippen LogP contribution >= 0.6 is 12.4 Å². The van der Waals surface area contributed by atoms with Crippen molar-refractivity contribution in [1.82, 2.24) is 5.32 Å². The fraction of sp³-hybridized carbons (Fsp3) is 0.533. The molecule has 1 amide bonds. The number of nitrogens with zero attached hydrogens (tertiary/aromatic N) is 1. The van der Waals surface area contributed by atoms with Gasteiger partial charge in [-0.25, -0.2) is 0 Å². The number of amides is 1. The normalized spacial score (nSPS) is 21.8. The van der Waals surface area contributed by atoms with E-state index in [1.165, 1.54) is 12.8 Å². The number of hydrogen-bond donors (Lipinski definition) is 1. The first kappa shape index (κ1) is 14.4. The fourth-order valence-corrected chi connectivity index (χ4v) is 2.58. The van der Waals surface area contributed by atoms with Crippen molar-refractivity contribution in [2.75, 3.05) is 24.5 Å². The highest BCUT2D eigenvalue weighted by Gasteiger charge is 2.32. The summed E-state index contributed by atoms with van der Waals surface area (Å²) in [7, 11) is 0. The SMILES string of the molecule is Cl.O=C(C1CCNC1)N(CC1CC1)c1ccccc1. The first-order valence-corrected chi connectivity index (χ1v) is 6.92. The summed E-state index contributed by atoms with van der Waals surface area (Å²) in [4.78, 5) is 14.6. The van der Waals surface area contributed by atoms with Crippen molar-refractivity contribution in [3.63, 3.8) is 0 Å². The number of para-hydroxylation sites is 1. The number of nitrogens with one attached hydrogen (secondary N) is 1. The predicted octanol–water partition coefficient (Wildman–Crippen LogP) is 2.46. The molecule has 1 unspecified atom stereocenters. The second-order valence-electron chi connectivity index (χ2n) is 5.42. The molecule has 1 aromatic rings. The third-order valence-electron chi connectivity index (χ3n) is 3.88. The van der Waals surface area contributed by atoms with Crippen LogP contribution in [0.5, 0.6) is 0 Å². The molecule has 1 atom stereocenters. The first-order valence-electron chi connectivity index (χ1n) is 6.92. The number of rotatable bonds is 4. The molecule has 2 aliphatic rings. The maximum absolute atomic E-state index is 12.6. The number of hydrogen-bond acceptors (Lipinski definition) is 2. The topological polar surface area (TPSA) is 32.3 Å². The van der Waals surface area contributed by atoms with Crippen LogP contribution in [0, 0.1) is 11.8 Å². The monoisotopic (exact) mass is 280 g/mol. The summed E-state index contributed by atoms with van der Waals surface area (Å²) in [6.45, 7) is 2.72. The second kappa shape index (κ2) is 6.40. The molecule has 0 bridgehead atoms. The van der Waals surface area contributed by atoms with Gasteiger partial charge in [0, 0.05) is 18.8 Å². The Hall–Kier alpha value is -1.06. The zero-order chi connectivity index (χ0) is 12.4. The third kappa shape index (κ3) is 3.48. The van der Waals surface area contributed by atoms with Crippen molar-refractivity contribution >= 4 is 24.0 Å². The summed E-state index contributed by atoms with van der Waals surface area (Å²) >= 11 is 0. The van der Waals surface area contributed by atoms with Crippen molar-refractivity contribution in [2.45, 2.75) is 19.3 Å². The molecule has 4 heteroatoms. The molecule has 0 spiro atoms. The summed E-state index contributed by atoms with van der Waals surface area (Å²) in [5.74, 6) is 1.20. The highest BCUT2D eigenvalue weighted by Crippen LogP contribution is 2.32. The van der Waals surface area contributed by atoms with Gasteiger partial charge in [0.05, 0.1) is 5.92 Å². The molecule has 1 aliphatic heterocycles. The van der Waals surface area contributed by atoms with Gasteiger partial charge in [-0.05, 0) is 43.9 Å². The standard InChI is InChI=1S/C15H20N2O.ClH/c18-15(13-8-9-16-10-13)17(11-12-6-7-12)14-4-2-1-3-5-14;/h1-5,12-13,16H,6-11H2;1H. The van der Waals surface area contributed by atoms with Crippen molar-refractivity contribution < 1.29 is 4.79 Å². The Morgan fingerprint density at radius 1 is 1.21 bits per heavy atom. The smallest absolute Gasteiger partial charge is 0.231 e. The second-order valence-corrected chi connectivity index (χ2v) is 5.42. The van der Waals surface area contributed by atoms with Crippen LogP contribution in [-0.4, -0.2) is 25.5 Å². The molecule has 0 aromatic heterocycles.